The molecule has 0 radical (unpaired) electrons. The number of rotatable bonds is 7. The van der Waals surface area contributed by atoms with Gasteiger partial charge in [-0.1, -0.05) is 6.07 Å². The van der Waals surface area contributed by atoms with Crippen molar-refractivity contribution < 1.29 is 69.4 Å². The van der Waals surface area contributed by atoms with Crippen molar-refractivity contribution >= 4 is 12.0 Å². The maximum atomic E-state index is 12.3. The second kappa shape index (κ2) is 12.3. The molecule has 5 rings (SSSR count). The number of phenols is 6. The predicted octanol–water partition coefficient (Wildman–Crippen LogP) is 1.09. The van der Waals surface area contributed by atoms with Crippen molar-refractivity contribution in [3.8, 4) is 62.9 Å². The van der Waals surface area contributed by atoms with Gasteiger partial charge in [0.1, 0.15) is 42.5 Å². The van der Waals surface area contributed by atoms with Crippen LogP contribution in [0.5, 0.6) is 40.2 Å². The van der Waals surface area contributed by atoms with Crippen molar-refractivity contribution in [1.29, 1.82) is 0 Å². The summed E-state index contributed by atoms with van der Waals surface area (Å²) >= 11 is 0. The molecule has 45 heavy (non-hydrogen) atoms. The highest BCUT2D eigenvalue weighted by Gasteiger charge is 2.46. The molecule has 5 atom stereocenters. The monoisotopic (exact) mass is 626 g/mol. The molecule has 0 saturated carbocycles. The lowest BCUT2D eigenvalue weighted by Crippen LogP contribution is -2.60. The number of esters is 1. The number of aliphatic hydroxyl groups is 3. The summed E-state index contributed by atoms with van der Waals surface area (Å²) in [6.45, 7) is -0.628. The Morgan fingerprint density at radius 2 is 1.51 bits per heavy atom. The molecule has 1 aliphatic carbocycles. The third-order valence-corrected chi connectivity index (χ3v) is 6.85. The minimum Gasteiger partial charge on any atom is -0.507 e. The van der Waals surface area contributed by atoms with Gasteiger partial charge in [-0.3, -0.25) is 4.79 Å². The molecular weight excluding hydrogens is 600 g/mol. The van der Waals surface area contributed by atoms with Gasteiger partial charge in [0, 0.05) is 23.8 Å². The Bertz CT molecular complexity index is 1770. The van der Waals surface area contributed by atoms with E-state index in [0.29, 0.717) is 5.56 Å². The molecular formula is C30H26O15. The lowest BCUT2D eigenvalue weighted by molar-refractivity contribution is -0.278. The van der Waals surface area contributed by atoms with E-state index >= 15 is 0 Å². The summed E-state index contributed by atoms with van der Waals surface area (Å²) in [5, 5.41) is 90.8. The van der Waals surface area contributed by atoms with Gasteiger partial charge in [0.2, 0.25) is 6.29 Å². The maximum absolute atomic E-state index is 12.3. The number of aliphatic hydroxyl groups excluding tert-OH is 3. The molecule has 1 fully saturated rings. The Hall–Kier alpha value is -5.48. The van der Waals surface area contributed by atoms with Gasteiger partial charge in [-0.05, 0) is 42.0 Å². The van der Waals surface area contributed by atoms with E-state index in [1.165, 1.54) is 30.3 Å². The topological polar surface area (TPSA) is 257 Å². The van der Waals surface area contributed by atoms with Gasteiger partial charge in [0.25, 0.3) is 0 Å². The summed E-state index contributed by atoms with van der Waals surface area (Å²) in [5.74, 6) is -5.26. The molecule has 15 heteroatoms. The SMILES string of the molecule is O=C(C=Cc1ccc(O)c(O)c1)OCC1OC(Oc2cc3c(O)cc(=O)cc-3oc2-c2cc(O)c(O)c(O)c2)C(O)C(O)C1O. The molecule has 2 aromatic rings. The molecule has 0 aromatic heterocycles. The Balaban J connectivity index is 1.41. The number of carbonyl (C=O) groups is 1. The number of aromatic hydroxyl groups is 6. The van der Waals surface area contributed by atoms with E-state index < -0.39 is 77.5 Å². The largest absolute Gasteiger partial charge is 0.507 e. The molecule has 0 amide bonds. The van der Waals surface area contributed by atoms with Crippen LogP contribution in [-0.4, -0.2) is 89.2 Å². The Morgan fingerprint density at radius 1 is 0.800 bits per heavy atom. The number of carbonyl (C=O) groups excluding carboxylic acids is 1. The van der Waals surface area contributed by atoms with Crippen LogP contribution in [0.4, 0.5) is 0 Å². The zero-order valence-electron chi connectivity index (χ0n) is 22.8. The van der Waals surface area contributed by atoms with Crippen LogP contribution in [-0.2, 0) is 14.3 Å². The molecule has 9 N–H and O–H groups in total. The van der Waals surface area contributed by atoms with Gasteiger partial charge >= 0.3 is 5.97 Å². The Morgan fingerprint density at radius 3 is 2.20 bits per heavy atom. The van der Waals surface area contributed by atoms with Gasteiger partial charge in [-0.2, -0.15) is 0 Å². The van der Waals surface area contributed by atoms with Crippen LogP contribution in [0.3, 0.4) is 0 Å². The van der Waals surface area contributed by atoms with Gasteiger partial charge in [0.15, 0.2) is 45.7 Å². The fraction of sp³-hybridized carbons (Fsp3) is 0.200. The van der Waals surface area contributed by atoms with Crippen molar-refractivity contribution in [2.75, 3.05) is 6.61 Å². The number of hydrogen-bond acceptors (Lipinski definition) is 15. The van der Waals surface area contributed by atoms with Crippen LogP contribution in [0.25, 0.3) is 28.7 Å². The highest BCUT2D eigenvalue weighted by molar-refractivity contribution is 5.87. The molecule has 0 bridgehead atoms. The van der Waals surface area contributed by atoms with Gasteiger partial charge in [-0.25, -0.2) is 4.79 Å². The average molecular weight is 627 g/mol. The van der Waals surface area contributed by atoms with Crippen molar-refractivity contribution in [3.05, 3.63) is 70.4 Å². The van der Waals surface area contributed by atoms with Gasteiger partial charge < -0.3 is 64.6 Å². The number of phenolic OH excluding ortho intramolecular Hbond substituents is 6. The third kappa shape index (κ3) is 6.41. The molecule has 15 nitrogen and oxygen atoms in total. The molecule has 1 saturated heterocycles. The summed E-state index contributed by atoms with van der Waals surface area (Å²) in [6, 6.07) is 8.91. The maximum Gasteiger partial charge on any atom is 0.330 e. The van der Waals surface area contributed by atoms with Gasteiger partial charge in [-0.15, -0.1) is 0 Å². The number of benzene rings is 3. The van der Waals surface area contributed by atoms with Crippen molar-refractivity contribution in [2.24, 2.45) is 0 Å². The van der Waals surface area contributed by atoms with E-state index in [4.69, 9.17) is 18.6 Å². The molecule has 2 aromatic carbocycles. The lowest BCUT2D eigenvalue weighted by Gasteiger charge is -2.40. The first-order valence-corrected chi connectivity index (χ1v) is 13.1. The van der Waals surface area contributed by atoms with Crippen LogP contribution in [0.1, 0.15) is 5.56 Å². The second-order valence-electron chi connectivity index (χ2n) is 10.0. The zero-order valence-corrected chi connectivity index (χ0v) is 22.8. The minimum atomic E-state index is -1.89. The second-order valence-corrected chi connectivity index (χ2v) is 10.0. The first-order valence-electron chi connectivity index (χ1n) is 13.1. The fourth-order valence-corrected chi connectivity index (χ4v) is 4.50. The standard InChI is InChI=1S/C30H26O15/c31-14-8-17(33)15-10-22(29(43-21(15)9-14)13-6-19(35)25(38)20(36)7-13)44-30-28(41)27(40)26(39)23(45-30)11-42-24(37)4-2-12-1-3-16(32)18(34)5-12/h1-10,23,26-28,30,32-36,38-41H,11H2. The highest BCUT2D eigenvalue weighted by Crippen LogP contribution is 2.45. The van der Waals surface area contributed by atoms with E-state index in [1.54, 1.807) is 0 Å². The summed E-state index contributed by atoms with van der Waals surface area (Å²) in [7, 11) is 0. The van der Waals surface area contributed by atoms with Crippen LogP contribution >= 0.6 is 0 Å². The summed E-state index contributed by atoms with van der Waals surface area (Å²) in [5.41, 5.74) is -0.393. The van der Waals surface area contributed by atoms with Crippen LogP contribution in [0.2, 0.25) is 0 Å². The Labute approximate surface area is 252 Å². The van der Waals surface area contributed by atoms with Crippen LogP contribution < -0.4 is 10.2 Å². The van der Waals surface area contributed by atoms with Crippen molar-refractivity contribution in [2.45, 2.75) is 30.7 Å². The molecule has 0 spiro atoms. The zero-order chi connectivity index (χ0) is 32.6. The van der Waals surface area contributed by atoms with E-state index in [9.17, 15) is 55.5 Å². The molecule has 2 heterocycles. The fourth-order valence-electron chi connectivity index (χ4n) is 4.50. The smallest absolute Gasteiger partial charge is 0.330 e. The van der Waals surface area contributed by atoms with Crippen molar-refractivity contribution in [3.63, 3.8) is 0 Å². The van der Waals surface area contributed by atoms with Crippen LogP contribution in [0, 0.1) is 0 Å². The molecule has 2 aliphatic heterocycles. The average Bonchev–Trinajstić information content (AvgIpc) is 2.99. The van der Waals surface area contributed by atoms with Crippen molar-refractivity contribution in [1.82, 2.24) is 0 Å². The first kappa shape index (κ1) is 31.0. The van der Waals surface area contributed by atoms with Crippen LogP contribution in [0.15, 0.2) is 63.8 Å². The Kier molecular flexibility index (Phi) is 8.43. The van der Waals surface area contributed by atoms with Gasteiger partial charge in [0.05, 0.1) is 5.56 Å². The lowest BCUT2D eigenvalue weighted by atomic mass is 9.99. The predicted molar refractivity (Wildman–Crippen MR) is 151 cm³/mol. The van der Waals surface area contributed by atoms with E-state index in [1.807, 2.05) is 0 Å². The quantitative estimate of drug-likeness (QED) is 0.0790. The molecule has 5 unspecified atom stereocenters. The molecule has 3 aliphatic rings. The summed E-state index contributed by atoms with van der Waals surface area (Å²) < 4.78 is 22.2. The third-order valence-electron chi connectivity index (χ3n) is 6.85. The van der Waals surface area contributed by atoms with E-state index in [-0.39, 0.29) is 34.1 Å². The normalized spacial score (nSPS) is 21.6. The van der Waals surface area contributed by atoms with E-state index in [2.05, 4.69) is 0 Å². The number of ether oxygens (including phenoxy) is 3. The first-order chi connectivity index (χ1) is 21.3. The number of hydrogen-bond donors (Lipinski definition) is 9. The summed E-state index contributed by atoms with van der Waals surface area (Å²) in [6.07, 6.45) is -6.46. The number of fused-ring (bicyclic) bond motifs is 1. The van der Waals surface area contributed by atoms with E-state index in [0.717, 1.165) is 30.3 Å². The molecule has 236 valence electrons. The minimum absolute atomic E-state index is 0.0364. The summed E-state index contributed by atoms with van der Waals surface area (Å²) in [4.78, 5) is 24.3. The highest BCUT2D eigenvalue weighted by atomic mass is 16.7.